The molecular weight excluding hydrogens is 342 g/mol. The summed E-state index contributed by atoms with van der Waals surface area (Å²) in [5.41, 5.74) is 6.85. The number of carbonyl (C=O) groups is 1. The highest BCUT2D eigenvalue weighted by Crippen LogP contribution is 2.27. The number of nitrogens with zero attached hydrogens (tertiary/aromatic N) is 3. The molecule has 1 unspecified atom stereocenters. The number of hydrogen-bond acceptors (Lipinski definition) is 7. The van der Waals surface area contributed by atoms with Crippen LogP contribution in [0, 0.1) is 0 Å². The van der Waals surface area contributed by atoms with Crippen molar-refractivity contribution in [1.29, 1.82) is 0 Å². The summed E-state index contributed by atoms with van der Waals surface area (Å²) < 4.78 is 12.1. The van der Waals surface area contributed by atoms with Gasteiger partial charge in [0.05, 0.1) is 14.2 Å². The highest BCUT2D eigenvalue weighted by Gasteiger charge is 2.21. The Morgan fingerprint density at radius 2 is 2.04 bits per heavy atom. The predicted octanol–water partition coefficient (Wildman–Crippen LogP) is 1.52. The van der Waals surface area contributed by atoms with E-state index in [1.165, 1.54) is 11.8 Å². The summed E-state index contributed by atoms with van der Waals surface area (Å²) in [5, 5.41) is 11.3. The van der Waals surface area contributed by atoms with E-state index in [9.17, 15) is 4.79 Å². The van der Waals surface area contributed by atoms with Crippen LogP contribution in [0.1, 0.15) is 18.5 Å². The highest BCUT2D eigenvalue weighted by molar-refractivity contribution is 7.98. The lowest BCUT2D eigenvalue weighted by Gasteiger charge is -2.16. The van der Waals surface area contributed by atoms with Crippen LogP contribution in [0.2, 0.25) is 0 Å². The van der Waals surface area contributed by atoms with Crippen LogP contribution in [0.4, 0.5) is 5.95 Å². The molecule has 8 nitrogen and oxygen atoms in total. The average molecular weight is 365 g/mol. The Morgan fingerprint density at radius 3 is 2.68 bits per heavy atom. The Balaban J connectivity index is 1.95. The zero-order chi connectivity index (χ0) is 18.4. The van der Waals surface area contributed by atoms with E-state index < -0.39 is 6.04 Å². The van der Waals surface area contributed by atoms with Crippen molar-refractivity contribution >= 4 is 23.6 Å². The summed E-state index contributed by atoms with van der Waals surface area (Å²) in [4.78, 5) is 12.4. The van der Waals surface area contributed by atoms with E-state index in [2.05, 4.69) is 15.5 Å². The summed E-state index contributed by atoms with van der Waals surface area (Å²) in [5.74, 6) is 1.44. The van der Waals surface area contributed by atoms with E-state index in [-0.39, 0.29) is 11.9 Å². The number of hydrogen-bond donors (Lipinski definition) is 2. The van der Waals surface area contributed by atoms with Crippen molar-refractivity contribution in [2.45, 2.75) is 24.5 Å². The monoisotopic (exact) mass is 365 g/mol. The molecule has 0 bridgehead atoms. The molecule has 0 spiro atoms. The minimum atomic E-state index is -0.483. The quantitative estimate of drug-likeness (QED) is 0.683. The second-order valence-electron chi connectivity index (χ2n) is 5.32. The number of anilines is 1. The Labute approximate surface area is 151 Å². The number of nitrogens with one attached hydrogen (secondary N) is 1. The maximum atomic E-state index is 12.4. The third kappa shape index (κ3) is 4.36. The predicted molar refractivity (Wildman–Crippen MR) is 97.2 cm³/mol. The number of thioether (sulfide) groups is 1. The van der Waals surface area contributed by atoms with Gasteiger partial charge in [0.2, 0.25) is 11.9 Å². The molecule has 0 aliphatic heterocycles. The second kappa shape index (κ2) is 8.61. The van der Waals surface area contributed by atoms with Gasteiger partial charge in [-0.25, -0.2) is 0 Å². The molecule has 1 amide bonds. The van der Waals surface area contributed by atoms with Crippen LogP contribution in [0.25, 0.3) is 0 Å². The molecule has 2 rings (SSSR count). The van der Waals surface area contributed by atoms with Gasteiger partial charge in [0.15, 0.2) is 16.7 Å². The van der Waals surface area contributed by atoms with Gasteiger partial charge in [-0.05, 0) is 37.3 Å². The van der Waals surface area contributed by atoms with E-state index in [0.29, 0.717) is 29.6 Å². The number of benzene rings is 1. The van der Waals surface area contributed by atoms with Crippen molar-refractivity contribution in [3.63, 3.8) is 0 Å². The van der Waals surface area contributed by atoms with Crippen molar-refractivity contribution in [2.75, 3.05) is 32.8 Å². The normalized spacial score (nSPS) is 11.8. The lowest BCUT2D eigenvalue weighted by atomic mass is 10.1. The Hall–Kier alpha value is -2.42. The minimum absolute atomic E-state index is 0.137. The third-order valence-electron chi connectivity index (χ3n) is 3.80. The highest BCUT2D eigenvalue weighted by atomic mass is 32.2. The molecule has 25 heavy (non-hydrogen) atoms. The van der Waals surface area contributed by atoms with Crippen molar-refractivity contribution in [2.24, 2.45) is 0 Å². The molecule has 3 N–H and O–H groups in total. The maximum Gasteiger partial charge on any atom is 0.243 e. The smallest absolute Gasteiger partial charge is 0.243 e. The average Bonchev–Trinajstić information content (AvgIpc) is 3.01. The summed E-state index contributed by atoms with van der Waals surface area (Å²) in [7, 11) is 3.19. The number of aromatic nitrogens is 3. The van der Waals surface area contributed by atoms with E-state index in [1.807, 2.05) is 24.5 Å². The molecule has 0 saturated carbocycles. The lowest BCUT2D eigenvalue weighted by molar-refractivity contribution is -0.123. The summed E-state index contributed by atoms with van der Waals surface area (Å²) >= 11 is 1.39. The number of nitrogens with two attached hydrogens (primary N) is 1. The number of methoxy groups -OCH3 is 2. The van der Waals surface area contributed by atoms with Crippen molar-refractivity contribution in [3.8, 4) is 11.5 Å². The third-order valence-corrected chi connectivity index (χ3v) is 4.44. The molecule has 0 aliphatic carbocycles. The largest absolute Gasteiger partial charge is 0.493 e. The Bertz CT molecular complexity index is 735. The molecule has 0 aliphatic rings. The molecule has 9 heteroatoms. The van der Waals surface area contributed by atoms with Gasteiger partial charge in [0, 0.05) is 6.54 Å². The van der Waals surface area contributed by atoms with Crippen LogP contribution in [0.3, 0.4) is 0 Å². The maximum absolute atomic E-state index is 12.4. The topological polar surface area (TPSA) is 104 Å². The van der Waals surface area contributed by atoms with Gasteiger partial charge >= 0.3 is 0 Å². The molecular formula is C16H23N5O3S. The van der Waals surface area contributed by atoms with Crippen molar-refractivity contribution < 1.29 is 14.3 Å². The van der Waals surface area contributed by atoms with Crippen LogP contribution in [-0.2, 0) is 11.2 Å². The van der Waals surface area contributed by atoms with Crippen LogP contribution in [0.15, 0.2) is 23.4 Å². The summed E-state index contributed by atoms with van der Waals surface area (Å²) in [6.07, 6.45) is 2.54. The van der Waals surface area contributed by atoms with Gasteiger partial charge in [0.25, 0.3) is 0 Å². The first-order valence-electron chi connectivity index (χ1n) is 7.74. The molecule has 2 aromatic rings. The second-order valence-corrected chi connectivity index (χ2v) is 6.09. The van der Waals surface area contributed by atoms with Crippen LogP contribution in [0.5, 0.6) is 11.5 Å². The van der Waals surface area contributed by atoms with E-state index >= 15 is 0 Å². The van der Waals surface area contributed by atoms with Crippen LogP contribution < -0.4 is 20.5 Å². The Kier molecular flexibility index (Phi) is 6.51. The van der Waals surface area contributed by atoms with Crippen molar-refractivity contribution in [3.05, 3.63) is 23.8 Å². The number of rotatable bonds is 8. The number of nitrogen functional groups attached to an aromatic ring is 1. The molecule has 0 saturated heterocycles. The zero-order valence-corrected chi connectivity index (χ0v) is 15.6. The van der Waals surface area contributed by atoms with Crippen LogP contribution >= 0.6 is 11.8 Å². The fourth-order valence-electron chi connectivity index (χ4n) is 2.42. The van der Waals surface area contributed by atoms with Gasteiger partial charge in [-0.2, -0.15) is 0 Å². The molecule has 136 valence electrons. The first-order chi connectivity index (χ1) is 12.0. The molecule has 1 heterocycles. The summed E-state index contributed by atoms with van der Waals surface area (Å²) in [6.45, 7) is 2.26. The first kappa shape index (κ1) is 18.9. The van der Waals surface area contributed by atoms with Gasteiger partial charge in [-0.1, -0.05) is 17.8 Å². The lowest BCUT2D eigenvalue weighted by Crippen LogP contribution is -2.33. The van der Waals surface area contributed by atoms with Gasteiger partial charge in [-0.3, -0.25) is 9.36 Å². The van der Waals surface area contributed by atoms with Crippen LogP contribution in [-0.4, -0.2) is 47.7 Å². The zero-order valence-electron chi connectivity index (χ0n) is 14.8. The molecule has 0 radical (unpaired) electrons. The van der Waals surface area contributed by atoms with Gasteiger partial charge < -0.3 is 20.5 Å². The Morgan fingerprint density at radius 1 is 1.32 bits per heavy atom. The number of amides is 1. The molecule has 1 aromatic heterocycles. The molecule has 0 fully saturated rings. The number of carbonyl (C=O) groups excluding carboxylic acids is 1. The summed E-state index contributed by atoms with van der Waals surface area (Å²) in [6, 6.07) is 5.21. The molecule has 1 atom stereocenters. The fourth-order valence-corrected chi connectivity index (χ4v) is 2.99. The SMILES string of the molecule is COc1ccc(CCNC(=O)C(C)n2c(N)nnc2SC)cc1OC. The standard InChI is InChI=1S/C16H23N5O3S/c1-10(21-15(17)19-20-16(21)25-4)14(22)18-8-7-11-5-6-12(23-2)13(9-11)24-3/h5-6,9-10H,7-8H2,1-4H3,(H2,17,19)(H,18,22). The van der Waals surface area contributed by atoms with E-state index in [0.717, 1.165) is 5.56 Å². The minimum Gasteiger partial charge on any atom is -0.493 e. The fraction of sp³-hybridized carbons (Fsp3) is 0.438. The van der Waals surface area contributed by atoms with Crippen molar-refractivity contribution in [1.82, 2.24) is 20.1 Å². The van der Waals surface area contributed by atoms with Gasteiger partial charge in [-0.15, -0.1) is 10.2 Å². The van der Waals surface area contributed by atoms with E-state index in [1.54, 1.807) is 25.7 Å². The van der Waals surface area contributed by atoms with E-state index in [4.69, 9.17) is 15.2 Å². The van der Waals surface area contributed by atoms with Gasteiger partial charge in [0.1, 0.15) is 6.04 Å². The molecule has 1 aromatic carbocycles. The number of ether oxygens (including phenoxy) is 2. The first-order valence-corrected chi connectivity index (χ1v) is 8.97.